The van der Waals surface area contributed by atoms with Crippen LogP contribution in [-0.2, 0) is 4.79 Å². The van der Waals surface area contributed by atoms with Gasteiger partial charge in [0.1, 0.15) is 17.1 Å². The SMILES string of the molecule is COc1cc(F)cc(-c2ccnc3nc(-c4n[nH]c5ccc(-c6cncc(NC(=O)CC7CCNCC7)c6)nc45)[nH]c23)c1. The number of amides is 1. The van der Waals surface area contributed by atoms with Crippen molar-refractivity contribution in [3.8, 4) is 39.7 Å². The third-order valence-electron chi connectivity index (χ3n) is 7.69. The molecule has 6 heterocycles. The molecular weight excluding hydrogens is 549 g/mol. The highest BCUT2D eigenvalue weighted by molar-refractivity contribution is 5.95. The van der Waals surface area contributed by atoms with E-state index < -0.39 is 5.82 Å². The number of halogens is 1. The van der Waals surface area contributed by atoms with Gasteiger partial charge in [-0.1, -0.05) is 0 Å². The second-order valence-electron chi connectivity index (χ2n) is 10.6. The van der Waals surface area contributed by atoms with Gasteiger partial charge in [0.15, 0.2) is 17.2 Å². The van der Waals surface area contributed by atoms with Crippen molar-refractivity contribution in [1.29, 1.82) is 0 Å². The zero-order chi connectivity index (χ0) is 29.3. The second kappa shape index (κ2) is 11.2. The molecule has 1 amide bonds. The Balaban J connectivity index is 1.20. The van der Waals surface area contributed by atoms with E-state index >= 15 is 0 Å². The number of pyridine rings is 3. The number of H-pyrrole nitrogens is 2. The lowest BCUT2D eigenvalue weighted by Gasteiger charge is -2.21. The number of nitrogens with zero attached hydrogens (tertiary/aromatic N) is 5. The fourth-order valence-electron chi connectivity index (χ4n) is 5.53. The van der Waals surface area contributed by atoms with Gasteiger partial charge >= 0.3 is 0 Å². The number of hydrogen-bond donors (Lipinski definition) is 4. The average Bonchev–Trinajstić information content (AvgIpc) is 3.65. The molecular formula is C31H28FN9O2. The number of benzene rings is 1. The molecule has 0 aliphatic carbocycles. The minimum absolute atomic E-state index is 0.0130. The summed E-state index contributed by atoms with van der Waals surface area (Å²) in [6.07, 6.45) is 7.48. The second-order valence-corrected chi connectivity index (χ2v) is 10.6. The summed E-state index contributed by atoms with van der Waals surface area (Å²) < 4.78 is 19.5. The van der Waals surface area contributed by atoms with Crippen LogP contribution in [0.2, 0.25) is 0 Å². The molecule has 1 aliphatic heterocycles. The van der Waals surface area contributed by atoms with Crippen molar-refractivity contribution in [2.24, 2.45) is 5.92 Å². The zero-order valence-electron chi connectivity index (χ0n) is 23.3. The van der Waals surface area contributed by atoms with Gasteiger partial charge in [0.05, 0.1) is 35.7 Å². The maximum Gasteiger partial charge on any atom is 0.224 e. The van der Waals surface area contributed by atoms with Gasteiger partial charge in [-0.05, 0) is 73.8 Å². The Bertz CT molecular complexity index is 1960. The smallest absolute Gasteiger partial charge is 0.224 e. The molecule has 0 unspecified atom stereocenters. The molecule has 1 aromatic carbocycles. The van der Waals surface area contributed by atoms with Crippen molar-refractivity contribution in [2.75, 3.05) is 25.5 Å². The highest BCUT2D eigenvalue weighted by Crippen LogP contribution is 2.33. The number of nitrogens with one attached hydrogen (secondary N) is 4. The average molecular weight is 578 g/mol. The first kappa shape index (κ1) is 26.7. The standard InChI is InChI=1S/C31H28FN9O2/c1-43-22-13-18(11-20(32)14-22)23-6-9-35-30-27(23)38-31(39-30)29-28-25(40-41-29)3-2-24(37-28)19-12-21(16-34-15-19)36-26(42)10-17-4-7-33-8-5-17/h2-3,6,9,11-17,33H,4-5,7-8,10H2,1H3,(H,36,42)(H,40,41)(H,35,38,39). The Kier molecular flexibility index (Phi) is 6.95. The predicted octanol–water partition coefficient (Wildman–Crippen LogP) is 5.10. The fraction of sp³-hybridized carbons (Fsp3) is 0.226. The molecule has 1 saturated heterocycles. The Morgan fingerprint density at radius 2 is 1.95 bits per heavy atom. The molecule has 5 aromatic heterocycles. The molecule has 216 valence electrons. The Morgan fingerprint density at radius 3 is 2.81 bits per heavy atom. The van der Waals surface area contributed by atoms with Crippen LogP contribution in [0.15, 0.2) is 61.1 Å². The van der Waals surface area contributed by atoms with Gasteiger partial charge in [-0.3, -0.25) is 14.9 Å². The topological polar surface area (TPSA) is 146 Å². The molecule has 0 saturated carbocycles. The van der Waals surface area contributed by atoms with E-state index in [4.69, 9.17) is 9.72 Å². The summed E-state index contributed by atoms with van der Waals surface area (Å²) in [5.74, 6) is 0.845. The minimum atomic E-state index is -0.408. The summed E-state index contributed by atoms with van der Waals surface area (Å²) in [6.45, 7) is 1.90. The number of anilines is 1. The van der Waals surface area contributed by atoms with Crippen LogP contribution in [0.3, 0.4) is 0 Å². The molecule has 4 N–H and O–H groups in total. The van der Waals surface area contributed by atoms with E-state index in [9.17, 15) is 9.18 Å². The third-order valence-corrected chi connectivity index (χ3v) is 7.69. The molecule has 6 aromatic rings. The number of aromatic amines is 2. The van der Waals surface area contributed by atoms with Crippen LogP contribution in [-0.4, -0.2) is 61.2 Å². The monoisotopic (exact) mass is 577 g/mol. The van der Waals surface area contributed by atoms with E-state index in [0.29, 0.717) is 63.2 Å². The van der Waals surface area contributed by atoms with Crippen LogP contribution in [0.5, 0.6) is 5.75 Å². The Labute approximate surface area is 245 Å². The highest BCUT2D eigenvalue weighted by atomic mass is 19.1. The quantitative estimate of drug-likeness (QED) is 0.205. The summed E-state index contributed by atoms with van der Waals surface area (Å²) in [5.41, 5.74) is 6.32. The van der Waals surface area contributed by atoms with E-state index in [0.717, 1.165) is 42.6 Å². The van der Waals surface area contributed by atoms with Crippen molar-refractivity contribution < 1.29 is 13.9 Å². The van der Waals surface area contributed by atoms with Crippen molar-refractivity contribution in [2.45, 2.75) is 19.3 Å². The minimum Gasteiger partial charge on any atom is -0.497 e. The number of fused-ring (bicyclic) bond motifs is 2. The zero-order valence-corrected chi connectivity index (χ0v) is 23.3. The molecule has 0 bridgehead atoms. The van der Waals surface area contributed by atoms with Gasteiger partial charge in [-0.15, -0.1) is 0 Å². The van der Waals surface area contributed by atoms with E-state index in [1.165, 1.54) is 19.2 Å². The van der Waals surface area contributed by atoms with Gasteiger partial charge < -0.3 is 20.4 Å². The maximum absolute atomic E-state index is 14.3. The van der Waals surface area contributed by atoms with Crippen LogP contribution in [0, 0.1) is 11.7 Å². The first-order valence-electron chi connectivity index (χ1n) is 14.1. The van der Waals surface area contributed by atoms with Crippen LogP contribution >= 0.6 is 0 Å². The maximum atomic E-state index is 14.3. The van der Waals surface area contributed by atoms with Crippen molar-refractivity contribution >= 4 is 33.8 Å². The number of imidazole rings is 1. The summed E-state index contributed by atoms with van der Waals surface area (Å²) >= 11 is 0. The van der Waals surface area contributed by atoms with Crippen LogP contribution < -0.4 is 15.4 Å². The number of piperidine rings is 1. The summed E-state index contributed by atoms with van der Waals surface area (Å²) in [7, 11) is 1.50. The highest BCUT2D eigenvalue weighted by Gasteiger charge is 2.19. The summed E-state index contributed by atoms with van der Waals surface area (Å²) in [6, 6.07) is 11.9. The largest absolute Gasteiger partial charge is 0.497 e. The third kappa shape index (κ3) is 5.40. The fourth-order valence-corrected chi connectivity index (χ4v) is 5.53. The first-order chi connectivity index (χ1) is 21.0. The molecule has 1 fully saturated rings. The Hall–Kier alpha value is -5.23. The number of aromatic nitrogens is 7. The molecule has 0 spiro atoms. The lowest BCUT2D eigenvalue weighted by atomic mass is 9.94. The molecule has 0 atom stereocenters. The number of rotatable bonds is 7. The van der Waals surface area contributed by atoms with Gasteiger partial charge in [0.25, 0.3) is 0 Å². The van der Waals surface area contributed by atoms with Crippen molar-refractivity contribution in [3.05, 3.63) is 66.9 Å². The molecule has 11 nitrogen and oxygen atoms in total. The molecule has 43 heavy (non-hydrogen) atoms. The van der Waals surface area contributed by atoms with Gasteiger partial charge in [0, 0.05) is 36.0 Å². The first-order valence-corrected chi connectivity index (χ1v) is 14.1. The van der Waals surface area contributed by atoms with Crippen LogP contribution in [0.25, 0.3) is 56.1 Å². The number of carbonyl (C=O) groups excluding carboxylic acids is 1. The summed E-state index contributed by atoms with van der Waals surface area (Å²) in [5, 5.41) is 13.8. The van der Waals surface area contributed by atoms with Crippen molar-refractivity contribution in [1.82, 2.24) is 40.4 Å². The van der Waals surface area contributed by atoms with Gasteiger partial charge in [-0.25, -0.2) is 19.3 Å². The Morgan fingerprint density at radius 1 is 1.07 bits per heavy atom. The normalized spacial score (nSPS) is 13.9. The lowest BCUT2D eigenvalue weighted by molar-refractivity contribution is -0.117. The van der Waals surface area contributed by atoms with Crippen LogP contribution in [0.4, 0.5) is 10.1 Å². The van der Waals surface area contributed by atoms with E-state index in [2.05, 4.69) is 40.8 Å². The lowest BCUT2D eigenvalue weighted by Crippen LogP contribution is -2.30. The summed E-state index contributed by atoms with van der Waals surface area (Å²) in [4.78, 5) is 34.3. The molecule has 12 heteroatoms. The van der Waals surface area contributed by atoms with Crippen molar-refractivity contribution in [3.63, 3.8) is 0 Å². The van der Waals surface area contributed by atoms with Crippen LogP contribution in [0.1, 0.15) is 19.3 Å². The number of methoxy groups -OCH3 is 1. The predicted molar refractivity (Wildman–Crippen MR) is 161 cm³/mol. The number of ether oxygens (including phenoxy) is 1. The molecule has 1 aliphatic rings. The van der Waals surface area contributed by atoms with E-state index in [1.54, 1.807) is 30.7 Å². The number of carbonyl (C=O) groups is 1. The number of hydrogen-bond acceptors (Lipinski definition) is 8. The van der Waals surface area contributed by atoms with Gasteiger partial charge in [0.2, 0.25) is 5.91 Å². The van der Waals surface area contributed by atoms with E-state index in [1.807, 2.05) is 18.2 Å². The molecule has 0 radical (unpaired) electrons. The van der Waals surface area contributed by atoms with E-state index in [-0.39, 0.29) is 5.91 Å². The molecule has 7 rings (SSSR count). The van der Waals surface area contributed by atoms with Gasteiger partial charge in [-0.2, -0.15) is 5.10 Å².